The normalized spacial score (nSPS) is 17.1. The number of pyridine rings is 1. The van der Waals surface area contributed by atoms with Crippen molar-refractivity contribution in [2.75, 3.05) is 44.3 Å². The number of fused-ring (bicyclic) bond motifs is 2. The standard InChI is InChI=1S/C34H37ClN6O4S/c1-19-16-24-30(27(20-6-8-21(35)9-7-20)26(19)29(33(42)43)45-34(2,3)4)46-32(37-24)23-10-11-25-28(36-23)31(38-39(25)5)41-14-12-40(13-15-41)22-17-44-18-22/h6-11,16,22,29H,12-15,17-18H2,1-5H3,(H,42,43)/t29-/m0/s1. The lowest BCUT2D eigenvalue weighted by Crippen LogP contribution is -2.56. The van der Waals surface area contributed by atoms with E-state index < -0.39 is 17.7 Å². The highest BCUT2D eigenvalue weighted by Gasteiger charge is 2.33. The summed E-state index contributed by atoms with van der Waals surface area (Å²) < 4.78 is 14.3. The predicted octanol–water partition coefficient (Wildman–Crippen LogP) is 6.34. The molecule has 1 atom stereocenters. The summed E-state index contributed by atoms with van der Waals surface area (Å²) in [5.41, 5.74) is 5.67. The number of anilines is 1. The van der Waals surface area contributed by atoms with E-state index in [-0.39, 0.29) is 0 Å². The van der Waals surface area contributed by atoms with Crippen LogP contribution in [0.5, 0.6) is 0 Å². The fourth-order valence-electron chi connectivity index (χ4n) is 6.33. The van der Waals surface area contributed by atoms with E-state index in [0.29, 0.717) is 16.6 Å². The van der Waals surface area contributed by atoms with Gasteiger partial charge in [0.05, 0.1) is 46.3 Å². The second kappa shape index (κ2) is 11.9. The van der Waals surface area contributed by atoms with Gasteiger partial charge in [0.2, 0.25) is 0 Å². The lowest BCUT2D eigenvalue weighted by Gasteiger charge is -2.42. The number of hydrogen-bond acceptors (Lipinski definition) is 9. The smallest absolute Gasteiger partial charge is 0.337 e. The Morgan fingerprint density at radius 1 is 1.09 bits per heavy atom. The van der Waals surface area contributed by atoms with Crippen LogP contribution in [0.1, 0.15) is 38.0 Å². The van der Waals surface area contributed by atoms with Crippen LogP contribution in [0, 0.1) is 6.92 Å². The van der Waals surface area contributed by atoms with Crippen molar-refractivity contribution in [1.29, 1.82) is 0 Å². The number of carboxylic acids is 1. The molecule has 0 bridgehead atoms. The van der Waals surface area contributed by atoms with Gasteiger partial charge in [0.15, 0.2) is 11.9 Å². The number of aliphatic carboxylic acids is 1. The van der Waals surface area contributed by atoms with Crippen LogP contribution in [-0.2, 0) is 21.3 Å². The lowest BCUT2D eigenvalue weighted by atomic mass is 9.91. The number of aromatic nitrogens is 4. The molecule has 2 aliphatic heterocycles. The molecule has 3 aromatic heterocycles. The molecule has 5 heterocycles. The summed E-state index contributed by atoms with van der Waals surface area (Å²) in [5.74, 6) is -0.163. The molecular weight excluding hydrogens is 624 g/mol. The second-order valence-corrected chi connectivity index (χ2v) is 14.5. The first-order valence-electron chi connectivity index (χ1n) is 15.5. The Morgan fingerprint density at radius 2 is 1.80 bits per heavy atom. The zero-order valence-electron chi connectivity index (χ0n) is 26.6. The van der Waals surface area contributed by atoms with Crippen molar-refractivity contribution < 1.29 is 19.4 Å². The highest BCUT2D eigenvalue weighted by Crippen LogP contribution is 2.44. The van der Waals surface area contributed by atoms with Crippen LogP contribution in [0.2, 0.25) is 5.02 Å². The molecule has 0 saturated carbocycles. The van der Waals surface area contributed by atoms with Crippen LogP contribution >= 0.6 is 22.9 Å². The minimum Gasteiger partial charge on any atom is -0.479 e. The summed E-state index contributed by atoms with van der Waals surface area (Å²) in [7, 11) is 1.95. The lowest BCUT2D eigenvalue weighted by molar-refractivity contribution is -0.160. The molecule has 0 aliphatic carbocycles. The molecule has 7 rings (SSSR count). The first-order valence-corrected chi connectivity index (χ1v) is 16.7. The van der Waals surface area contributed by atoms with E-state index in [4.69, 9.17) is 36.1 Å². The van der Waals surface area contributed by atoms with Gasteiger partial charge in [-0.3, -0.25) is 9.58 Å². The van der Waals surface area contributed by atoms with Crippen LogP contribution in [0.3, 0.4) is 0 Å². The number of ether oxygens (including phenoxy) is 2. The van der Waals surface area contributed by atoms with Crippen LogP contribution in [-0.4, -0.2) is 86.8 Å². The van der Waals surface area contributed by atoms with Gasteiger partial charge in [-0.25, -0.2) is 14.8 Å². The number of carboxylic acid groups (broad SMARTS) is 1. The van der Waals surface area contributed by atoms with Crippen LogP contribution in [0.15, 0.2) is 42.5 Å². The number of thiazole rings is 1. The molecule has 5 aromatic rings. The fraction of sp³-hybridized carbons (Fsp3) is 0.412. The van der Waals surface area contributed by atoms with Crippen LogP contribution in [0.4, 0.5) is 5.82 Å². The van der Waals surface area contributed by atoms with Gasteiger partial charge in [0, 0.05) is 49.4 Å². The zero-order valence-corrected chi connectivity index (χ0v) is 28.2. The number of rotatable bonds is 7. The molecule has 46 heavy (non-hydrogen) atoms. The number of benzene rings is 2. The Balaban J connectivity index is 1.33. The van der Waals surface area contributed by atoms with Crippen molar-refractivity contribution in [3.8, 4) is 21.8 Å². The molecule has 10 nitrogen and oxygen atoms in total. The maximum absolute atomic E-state index is 12.7. The first kappa shape index (κ1) is 31.0. The van der Waals surface area contributed by atoms with Crippen LogP contribution < -0.4 is 4.90 Å². The van der Waals surface area contributed by atoms with Gasteiger partial charge < -0.3 is 19.5 Å². The topological polar surface area (TPSA) is 106 Å². The number of halogens is 1. The Bertz CT molecular complexity index is 1940. The van der Waals surface area contributed by atoms with Crippen LogP contribution in [0.25, 0.3) is 43.1 Å². The SMILES string of the molecule is Cc1cc2nc(-c3ccc4c(n3)c(N3CCN(C5COC5)CC3)nn4C)sc2c(-c2ccc(Cl)cc2)c1[C@H](OC(C)(C)C)C(=O)O. The second-order valence-electron chi connectivity index (χ2n) is 13.0. The predicted molar refractivity (Wildman–Crippen MR) is 182 cm³/mol. The Morgan fingerprint density at radius 3 is 2.43 bits per heavy atom. The fourth-order valence-corrected chi connectivity index (χ4v) is 7.55. The average Bonchev–Trinajstić information content (AvgIpc) is 3.55. The van der Waals surface area contributed by atoms with E-state index in [2.05, 4.69) is 15.9 Å². The highest BCUT2D eigenvalue weighted by atomic mass is 35.5. The molecule has 0 unspecified atom stereocenters. The molecule has 0 spiro atoms. The van der Waals surface area contributed by atoms with Gasteiger partial charge in [-0.15, -0.1) is 11.3 Å². The van der Waals surface area contributed by atoms with Crippen molar-refractivity contribution in [2.24, 2.45) is 7.05 Å². The number of piperazine rings is 1. The average molecular weight is 661 g/mol. The van der Waals surface area contributed by atoms with Gasteiger partial charge in [0.1, 0.15) is 10.5 Å². The molecule has 240 valence electrons. The third-order valence-corrected chi connectivity index (χ3v) is 10.0. The van der Waals surface area contributed by atoms with Gasteiger partial charge in [0.25, 0.3) is 0 Å². The molecule has 12 heteroatoms. The summed E-state index contributed by atoms with van der Waals surface area (Å²) in [6, 6.07) is 14.0. The van der Waals surface area contributed by atoms with Crippen molar-refractivity contribution in [3.05, 3.63) is 58.6 Å². The number of aryl methyl sites for hydroxylation is 2. The number of carbonyl (C=O) groups is 1. The first-order chi connectivity index (χ1) is 22.0. The Labute approximate surface area is 276 Å². The summed E-state index contributed by atoms with van der Waals surface area (Å²) in [6.45, 7) is 12.8. The summed E-state index contributed by atoms with van der Waals surface area (Å²) in [4.78, 5) is 27.7. The van der Waals surface area contributed by atoms with E-state index >= 15 is 0 Å². The molecule has 1 N–H and O–H groups in total. The minimum atomic E-state index is -1.18. The van der Waals surface area contributed by atoms with Crippen molar-refractivity contribution in [2.45, 2.75) is 45.4 Å². The molecular formula is C34H37ClN6O4S. The Hall–Kier alpha value is -3.61. The number of hydrogen-bond donors (Lipinski definition) is 1. The largest absolute Gasteiger partial charge is 0.479 e. The molecule has 0 radical (unpaired) electrons. The molecule has 0 amide bonds. The summed E-state index contributed by atoms with van der Waals surface area (Å²) in [6.07, 6.45) is -1.18. The highest BCUT2D eigenvalue weighted by molar-refractivity contribution is 7.22. The monoisotopic (exact) mass is 660 g/mol. The minimum absolute atomic E-state index is 0.527. The number of nitrogens with zero attached hydrogens (tertiary/aromatic N) is 6. The van der Waals surface area contributed by atoms with Gasteiger partial charge in [-0.05, 0) is 69.2 Å². The van der Waals surface area contributed by atoms with Gasteiger partial charge in [-0.1, -0.05) is 23.7 Å². The maximum Gasteiger partial charge on any atom is 0.337 e. The molecule has 2 fully saturated rings. The Kier molecular flexibility index (Phi) is 8.01. The zero-order chi connectivity index (χ0) is 32.3. The maximum atomic E-state index is 12.7. The third-order valence-electron chi connectivity index (χ3n) is 8.67. The van der Waals surface area contributed by atoms with E-state index in [9.17, 15) is 9.90 Å². The van der Waals surface area contributed by atoms with E-state index in [1.807, 2.05) is 75.8 Å². The van der Waals surface area contributed by atoms with Crippen molar-refractivity contribution in [3.63, 3.8) is 0 Å². The summed E-state index contributed by atoms with van der Waals surface area (Å²) >= 11 is 7.77. The van der Waals surface area contributed by atoms with Gasteiger partial charge >= 0.3 is 5.97 Å². The quantitative estimate of drug-likeness (QED) is 0.214. The van der Waals surface area contributed by atoms with Crippen molar-refractivity contribution in [1.82, 2.24) is 24.6 Å². The molecule has 2 aromatic carbocycles. The van der Waals surface area contributed by atoms with Gasteiger partial charge in [-0.2, -0.15) is 5.10 Å². The van der Waals surface area contributed by atoms with Crippen molar-refractivity contribution >= 4 is 56.0 Å². The van der Waals surface area contributed by atoms with E-state index in [0.717, 1.165) is 93.9 Å². The third kappa shape index (κ3) is 5.75. The summed E-state index contributed by atoms with van der Waals surface area (Å²) in [5, 5.41) is 16.6. The van der Waals surface area contributed by atoms with E-state index in [1.54, 1.807) is 0 Å². The molecule has 2 aliphatic rings. The molecule has 2 saturated heterocycles. The van der Waals surface area contributed by atoms with E-state index in [1.165, 1.54) is 11.3 Å².